The van der Waals surface area contributed by atoms with Gasteiger partial charge in [-0.3, -0.25) is 9.36 Å². The van der Waals surface area contributed by atoms with E-state index in [-0.39, 0.29) is 6.04 Å². The van der Waals surface area contributed by atoms with Gasteiger partial charge in [0.25, 0.3) is 12.0 Å². The van der Waals surface area contributed by atoms with Crippen molar-refractivity contribution < 1.29 is 13.5 Å². The van der Waals surface area contributed by atoms with Crippen LogP contribution in [0, 0.1) is 0 Å². The molecule has 1 aromatic heterocycles. The molecule has 1 aromatic rings. The minimum absolute atomic E-state index is 0.0143. The summed E-state index contributed by atoms with van der Waals surface area (Å²) >= 11 is 0. The van der Waals surface area contributed by atoms with Crippen LogP contribution in [0.2, 0.25) is 0 Å². The summed E-state index contributed by atoms with van der Waals surface area (Å²) in [7, 11) is 0. The monoisotopic (exact) mass is 230 g/mol. The third kappa shape index (κ3) is 2.27. The lowest BCUT2D eigenvalue weighted by molar-refractivity contribution is 0.0680. The molecule has 4 nitrogen and oxygen atoms in total. The van der Waals surface area contributed by atoms with Crippen LogP contribution in [0.25, 0.3) is 0 Å². The molecule has 0 radical (unpaired) electrons. The van der Waals surface area contributed by atoms with E-state index in [2.05, 4.69) is 4.98 Å². The van der Waals surface area contributed by atoms with Crippen molar-refractivity contribution in [1.29, 1.82) is 0 Å². The second kappa shape index (κ2) is 4.69. The average Bonchev–Trinajstić information content (AvgIpc) is 2.30. The van der Waals surface area contributed by atoms with Gasteiger partial charge in [-0.15, -0.1) is 0 Å². The first-order chi connectivity index (χ1) is 7.68. The highest BCUT2D eigenvalue weighted by Crippen LogP contribution is 2.19. The average molecular weight is 230 g/mol. The molecule has 16 heavy (non-hydrogen) atoms. The normalized spacial score (nSPS) is 17.9. The summed E-state index contributed by atoms with van der Waals surface area (Å²) in [5, 5.41) is 0. The summed E-state index contributed by atoms with van der Waals surface area (Å²) < 4.78 is 31.2. The number of aromatic nitrogens is 2. The molecule has 0 amide bonds. The third-order valence-corrected chi connectivity index (χ3v) is 2.66. The standard InChI is InChI=1S/C10H12F2N2O2/c11-10(12)8-5-9(15)14(6-13-8)7-1-3-16-4-2-7/h5-7,10H,1-4H2. The van der Waals surface area contributed by atoms with Gasteiger partial charge in [0.15, 0.2) is 0 Å². The summed E-state index contributed by atoms with van der Waals surface area (Å²) in [6.07, 6.45) is -0.0533. The maximum absolute atomic E-state index is 12.3. The number of halogens is 2. The highest BCUT2D eigenvalue weighted by atomic mass is 19.3. The molecule has 0 N–H and O–H groups in total. The Hall–Kier alpha value is -1.30. The van der Waals surface area contributed by atoms with Gasteiger partial charge >= 0.3 is 0 Å². The van der Waals surface area contributed by atoms with E-state index in [0.29, 0.717) is 13.2 Å². The second-order valence-electron chi connectivity index (χ2n) is 3.70. The van der Waals surface area contributed by atoms with Gasteiger partial charge in [0.2, 0.25) is 0 Å². The van der Waals surface area contributed by atoms with E-state index >= 15 is 0 Å². The fraction of sp³-hybridized carbons (Fsp3) is 0.600. The molecule has 0 spiro atoms. The molecule has 6 heteroatoms. The number of hydrogen-bond donors (Lipinski definition) is 0. The predicted octanol–water partition coefficient (Wildman–Crippen LogP) is 1.53. The maximum atomic E-state index is 12.3. The molecule has 0 unspecified atom stereocenters. The fourth-order valence-electron chi connectivity index (χ4n) is 1.78. The van der Waals surface area contributed by atoms with Crippen LogP contribution in [-0.2, 0) is 4.74 Å². The second-order valence-corrected chi connectivity index (χ2v) is 3.70. The van der Waals surface area contributed by atoms with Crippen LogP contribution in [0.4, 0.5) is 8.78 Å². The molecule has 0 saturated carbocycles. The van der Waals surface area contributed by atoms with Crippen molar-refractivity contribution in [3.63, 3.8) is 0 Å². The summed E-state index contributed by atoms with van der Waals surface area (Å²) in [6, 6.07) is 0.917. The van der Waals surface area contributed by atoms with Crippen molar-refractivity contribution in [2.24, 2.45) is 0 Å². The number of nitrogens with zero attached hydrogens (tertiary/aromatic N) is 2. The quantitative estimate of drug-likeness (QED) is 0.774. The lowest BCUT2D eigenvalue weighted by Gasteiger charge is -2.23. The smallest absolute Gasteiger partial charge is 0.280 e. The van der Waals surface area contributed by atoms with Crippen LogP contribution < -0.4 is 5.56 Å². The van der Waals surface area contributed by atoms with E-state index in [4.69, 9.17) is 4.74 Å². The lowest BCUT2D eigenvalue weighted by Crippen LogP contribution is -2.29. The molecule has 0 bridgehead atoms. The zero-order chi connectivity index (χ0) is 11.5. The molecule has 0 aliphatic carbocycles. The van der Waals surface area contributed by atoms with Gasteiger partial charge in [0, 0.05) is 25.3 Å². The molecule has 88 valence electrons. The van der Waals surface area contributed by atoms with Gasteiger partial charge in [-0.25, -0.2) is 13.8 Å². The van der Waals surface area contributed by atoms with Crippen molar-refractivity contribution in [3.05, 3.63) is 28.4 Å². The van der Waals surface area contributed by atoms with Crippen molar-refractivity contribution in [2.45, 2.75) is 25.3 Å². The Bertz CT molecular complexity index is 414. The molecular weight excluding hydrogens is 218 g/mol. The van der Waals surface area contributed by atoms with Crippen LogP contribution in [0.15, 0.2) is 17.2 Å². The first kappa shape index (κ1) is 11.2. The molecule has 0 aromatic carbocycles. The number of alkyl halides is 2. The molecule has 2 rings (SSSR count). The minimum atomic E-state index is -2.70. The van der Waals surface area contributed by atoms with Crippen molar-refractivity contribution >= 4 is 0 Å². The molecular formula is C10H12F2N2O2. The number of rotatable bonds is 2. The Kier molecular flexibility index (Phi) is 3.28. The van der Waals surface area contributed by atoms with E-state index < -0.39 is 17.7 Å². The van der Waals surface area contributed by atoms with Crippen LogP contribution in [0.1, 0.15) is 31.0 Å². The van der Waals surface area contributed by atoms with Crippen LogP contribution in [-0.4, -0.2) is 22.8 Å². The molecule has 1 saturated heterocycles. The summed E-state index contributed by atoms with van der Waals surface area (Å²) in [6.45, 7) is 1.18. The van der Waals surface area contributed by atoms with Crippen LogP contribution in [0.3, 0.4) is 0 Å². The van der Waals surface area contributed by atoms with Gasteiger partial charge in [-0.2, -0.15) is 0 Å². The Balaban J connectivity index is 2.25. The summed E-state index contributed by atoms with van der Waals surface area (Å²) in [4.78, 5) is 15.2. The Labute approximate surface area is 90.9 Å². The van der Waals surface area contributed by atoms with Gasteiger partial charge in [0.05, 0.1) is 6.33 Å². The predicted molar refractivity (Wildman–Crippen MR) is 52.5 cm³/mol. The third-order valence-electron chi connectivity index (χ3n) is 2.66. The highest BCUT2D eigenvalue weighted by molar-refractivity contribution is 5.01. The van der Waals surface area contributed by atoms with Gasteiger partial charge in [-0.1, -0.05) is 0 Å². The molecule has 1 fully saturated rings. The summed E-state index contributed by atoms with van der Waals surface area (Å²) in [5.74, 6) is 0. The maximum Gasteiger partial charge on any atom is 0.280 e. The zero-order valence-electron chi connectivity index (χ0n) is 8.60. The fourth-order valence-corrected chi connectivity index (χ4v) is 1.78. The number of hydrogen-bond acceptors (Lipinski definition) is 3. The molecule has 1 aliphatic heterocycles. The Morgan fingerprint density at radius 3 is 2.69 bits per heavy atom. The summed E-state index contributed by atoms with van der Waals surface area (Å²) in [5.41, 5.74) is -0.884. The van der Waals surface area contributed by atoms with Crippen LogP contribution >= 0.6 is 0 Å². The van der Waals surface area contributed by atoms with Gasteiger partial charge < -0.3 is 4.74 Å². The zero-order valence-corrected chi connectivity index (χ0v) is 8.60. The van der Waals surface area contributed by atoms with Gasteiger partial charge in [-0.05, 0) is 12.8 Å². The first-order valence-electron chi connectivity index (χ1n) is 5.12. The van der Waals surface area contributed by atoms with E-state index in [1.807, 2.05) is 0 Å². The highest BCUT2D eigenvalue weighted by Gasteiger charge is 2.18. The molecule has 2 heterocycles. The van der Waals surface area contributed by atoms with E-state index in [1.165, 1.54) is 10.9 Å². The van der Waals surface area contributed by atoms with Crippen molar-refractivity contribution in [1.82, 2.24) is 9.55 Å². The Morgan fingerprint density at radius 2 is 2.12 bits per heavy atom. The van der Waals surface area contributed by atoms with Crippen molar-refractivity contribution in [3.8, 4) is 0 Å². The largest absolute Gasteiger partial charge is 0.381 e. The lowest BCUT2D eigenvalue weighted by atomic mass is 10.1. The number of ether oxygens (including phenoxy) is 1. The minimum Gasteiger partial charge on any atom is -0.381 e. The van der Waals surface area contributed by atoms with E-state index in [1.54, 1.807) is 0 Å². The van der Waals surface area contributed by atoms with Gasteiger partial charge in [0.1, 0.15) is 5.69 Å². The molecule has 0 atom stereocenters. The van der Waals surface area contributed by atoms with Crippen LogP contribution in [0.5, 0.6) is 0 Å². The topological polar surface area (TPSA) is 44.1 Å². The first-order valence-corrected chi connectivity index (χ1v) is 5.12. The molecule has 1 aliphatic rings. The van der Waals surface area contributed by atoms with Crippen molar-refractivity contribution in [2.75, 3.05) is 13.2 Å². The van der Waals surface area contributed by atoms with E-state index in [0.717, 1.165) is 18.9 Å². The Morgan fingerprint density at radius 1 is 1.44 bits per heavy atom. The van der Waals surface area contributed by atoms with E-state index in [9.17, 15) is 13.6 Å². The SMILES string of the molecule is O=c1cc(C(F)F)ncn1C1CCOCC1.